The van der Waals surface area contributed by atoms with Gasteiger partial charge in [-0.25, -0.2) is 8.42 Å². The van der Waals surface area contributed by atoms with E-state index in [1.54, 1.807) is 29.2 Å². The van der Waals surface area contributed by atoms with E-state index >= 15 is 0 Å². The van der Waals surface area contributed by atoms with Crippen LogP contribution in [0.3, 0.4) is 0 Å². The molecule has 3 aromatic rings. The van der Waals surface area contributed by atoms with Crippen molar-refractivity contribution in [3.8, 4) is 0 Å². The van der Waals surface area contributed by atoms with Crippen molar-refractivity contribution >= 4 is 26.7 Å². The predicted octanol–water partition coefficient (Wildman–Crippen LogP) is 2.86. The first-order valence-electron chi connectivity index (χ1n) is 8.04. The molecule has 0 unspecified atom stereocenters. The Morgan fingerprint density at radius 2 is 2.04 bits per heavy atom. The molecule has 0 spiro atoms. The number of nitrogens with zero attached hydrogens (tertiary/aromatic N) is 1. The molecule has 6 nitrogen and oxygen atoms in total. The first kappa shape index (κ1) is 16.0. The van der Waals surface area contributed by atoms with Crippen molar-refractivity contribution in [1.82, 2.24) is 4.90 Å². The zero-order chi connectivity index (χ0) is 17.4. The number of hydrogen-bond donors (Lipinski definition) is 0. The van der Waals surface area contributed by atoms with Gasteiger partial charge in [0, 0.05) is 11.4 Å². The summed E-state index contributed by atoms with van der Waals surface area (Å²) in [6.45, 7) is 0.211. The Morgan fingerprint density at radius 1 is 1.20 bits per heavy atom. The number of carbonyl (C=O) groups excluding carboxylic acids is 1. The third kappa shape index (κ3) is 3.19. The summed E-state index contributed by atoms with van der Waals surface area (Å²) in [7, 11) is -3.11. The molecule has 3 heterocycles. The Bertz CT molecular complexity index is 970. The van der Waals surface area contributed by atoms with Crippen molar-refractivity contribution in [1.29, 1.82) is 0 Å². The number of rotatable bonds is 4. The quantitative estimate of drug-likeness (QED) is 0.715. The molecule has 1 amide bonds. The largest absolute Gasteiger partial charge is 0.467 e. The van der Waals surface area contributed by atoms with Gasteiger partial charge in [-0.2, -0.15) is 0 Å². The van der Waals surface area contributed by atoms with Gasteiger partial charge in [0.05, 0.1) is 24.3 Å². The fraction of sp³-hybridized carbons (Fsp3) is 0.278. The van der Waals surface area contributed by atoms with Crippen LogP contribution >= 0.6 is 0 Å². The standard InChI is InChI=1S/C18H17NO5S/c20-18(17-10-13-4-1-2-6-16(13)24-17)19(11-15-5-3-8-23-15)14-7-9-25(21,22)12-14/h1-6,8,10,14H,7,9,11-12H2/t14-/m0/s1. The highest BCUT2D eigenvalue weighted by atomic mass is 32.2. The second-order valence-electron chi connectivity index (χ2n) is 6.22. The van der Waals surface area contributed by atoms with E-state index in [-0.39, 0.29) is 35.8 Å². The molecule has 0 radical (unpaired) electrons. The molecule has 0 saturated carbocycles. The van der Waals surface area contributed by atoms with Crippen LogP contribution in [-0.4, -0.2) is 36.8 Å². The predicted molar refractivity (Wildman–Crippen MR) is 91.9 cm³/mol. The van der Waals surface area contributed by atoms with Crippen LogP contribution in [0.1, 0.15) is 22.7 Å². The number of hydrogen-bond acceptors (Lipinski definition) is 5. The lowest BCUT2D eigenvalue weighted by atomic mass is 10.2. The van der Waals surface area contributed by atoms with Gasteiger partial charge in [-0.1, -0.05) is 18.2 Å². The molecule has 0 N–H and O–H groups in total. The molecule has 7 heteroatoms. The minimum Gasteiger partial charge on any atom is -0.467 e. The highest BCUT2D eigenvalue weighted by molar-refractivity contribution is 7.91. The van der Waals surface area contributed by atoms with Crippen molar-refractivity contribution in [3.05, 3.63) is 60.2 Å². The Balaban J connectivity index is 1.67. The second-order valence-corrected chi connectivity index (χ2v) is 8.45. The smallest absolute Gasteiger partial charge is 0.290 e. The van der Waals surface area contributed by atoms with Crippen molar-refractivity contribution in [2.75, 3.05) is 11.5 Å². The van der Waals surface area contributed by atoms with Crippen molar-refractivity contribution in [2.24, 2.45) is 0 Å². The van der Waals surface area contributed by atoms with Crippen LogP contribution in [0.4, 0.5) is 0 Å². The summed E-state index contributed by atoms with van der Waals surface area (Å²) >= 11 is 0. The average Bonchev–Trinajstić information content (AvgIpc) is 3.30. The first-order chi connectivity index (χ1) is 12.0. The number of benzene rings is 1. The topological polar surface area (TPSA) is 80.7 Å². The zero-order valence-corrected chi connectivity index (χ0v) is 14.2. The summed E-state index contributed by atoms with van der Waals surface area (Å²) in [5, 5.41) is 0.836. The number of sulfone groups is 1. The van der Waals surface area contributed by atoms with Crippen LogP contribution in [-0.2, 0) is 16.4 Å². The molecule has 0 bridgehead atoms. The summed E-state index contributed by atoms with van der Waals surface area (Å²) < 4.78 is 34.7. The van der Waals surface area contributed by atoms with Crippen LogP contribution < -0.4 is 0 Å². The van der Waals surface area contributed by atoms with E-state index in [1.165, 1.54) is 6.26 Å². The first-order valence-corrected chi connectivity index (χ1v) is 9.86. The lowest BCUT2D eigenvalue weighted by Gasteiger charge is -2.26. The number of para-hydroxylation sites is 1. The Morgan fingerprint density at radius 3 is 2.72 bits per heavy atom. The van der Waals surface area contributed by atoms with Gasteiger partial charge < -0.3 is 13.7 Å². The maximum Gasteiger partial charge on any atom is 0.290 e. The maximum atomic E-state index is 13.0. The van der Waals surface area contributed by atoms with Crippen LogP contribution in [0, 0.1) is 0 Å². The average molecular weight is 359 g/mol. The highest BCUT2D eigenvalue weighted by Crippen LogP contribution is 2.25. The van der Waals surface area contributed by atoms with Crippen LogP contribution in [0.25, 0.3) is 11.0 Å². The number of amides is 1. The number of furan rings is 2. The number of carbonyl (C=O) groups is 1. The van der Waals surface area contributed by atoms with Crippen LogP contribution in [0.15, 0.2) is 57.6 Å². The van der Waals surface area contributed by atoms with Gasteiger partial charge in [0.1, 0.15) is 11.3 Å². The van der Waals surface area contributed by atoms with Gasteiger partial charge >= 0.3 is 0 Å². The summed E-state index contributed by atoms with van der Waals surface area (Å²) in [6, 6.07) is 12.2. The minimum absolute atomic E-state index is 0.0281. The molecule has 1 atom stereocenters. The zero-order valence-electron chi connectivity index (χ0n) is 13.4. The van der Waals surface area contributed by atoms with Gasteiger partial charge in [-0.3, -0.25) is 4.79 Å². The summed E-state index contributed by atoms with van der Waals surface area (Å²) in [5.41, 5.74) is 0.628. The highest BCUT2D eigenvalue weighted by Gasteiger charge is 2.36. The van der Waals surface area contributed by atoms with E-state index in [0.717, 1.165) is 5.39 Å². The molecule has 1 aliphatic heterocycles. The van der Waals surface area contributed by atoms with Gasteiger partial charge in [0.2, 0.25) is 0 Å². The fourth-order valence-corrected chi connectivity index (χ4v) is 4.92. The van der Waals surface area contributed by atoms with E-state index in [9.17, 15) is 13.2 Å². The Hall–Kier alpha value is -2.54. The monoisotopic (exact) mass is 359 g/mol. The molecule has 25 heavy (non-hydrogen) atoms. The maximum absolute atomic E-state index is 13.0. The van der Waals surface area contributed by atoms with Crippen molar-refractivity contribution in [3.63, 3.8) is 0 Å². The molecule has 4 rings (SSSR count). The van der Waals surface area contributed by atoms with Gasteiger partial charge in [0.25, 0.3) is 5.91 Å². The molecule has 1 aliphatic rings. The lowest BCUT2D eigenvalue weighted by Crippen LogP contribution is -2.40. The molecule has 2 aromatic heterocycles. The van der Waals surface area contributed by atoms with Crippen LogP contribution in [0.2, 0.25) is 0 Å². The van der Waals surface area contributed by atoms with E-state index in [2.05, 4.69) is 0 Å². The fourth-order valence-electron chi connectivity index (χ4n) is 3.19. The van der Waals surface area contributed by atoms with Gasteiger partial charge in [-0.15, -0.1) is 0 Å². The Kier molecular flexibility index (Phi) is 3.88. The molecule has 1 aromatic carbocycles. The molecular formula is C18H17NO5S. The van der Waals surface area contributed by atoms with E-state index in [1.807, 2.05) is 18.2 Å². The molecule has 0 aliphatic carbocycles. The van der Waals surface area contributed by atoms with Crippen LogP contribution in [0.5, 0.6) is 0 Å². The second kappa shape index (κ2) is 6.07. The normalized spacial score (nSPS) is 19.3. The van der Waals surface area contributed by atoms with E-state index < -0.39 is 9.84 Å². The summed E-state index contributed by atoms with van der Waals surface area (Å²) in [6.07, 6.45) is 1.96. The lowest BCUT2D eigenvalue weighted by molar-refractivity contribution is 0.0636. The minimum atomic E-state index is -3.11. The SMILES string of the molecule is O=C(c1cc2ccccc2o1)N(Cc1ccco1)[C@H]1CCS(=O)(=O)C1. The molecule has 1 saturated heterocycles. The summed E-state index contributed by atoms with van der Waals surface area (Å²) in [5.74, 6) is 0.555. The third-order valence-electron chi connectivity index (χ3n) is 4.45. The third-order valence-corrected chi connectivity index (χ3v) is 6.20. The molecule has 1 fully saturated rings. The molecule has 130 valence electrons. The van der Waals surface area contributed by atoms with E-state index in [0.29, 0.717) is 17.8 Å². The van der Waals surface area contributed by atoms with Crippen molar-refractivity contribution in [2.45, 2.75) is 19.0 Å². The van der Waals surface area contributed by atoms with Gasteiger partial charge in [-0.05, 0) is 30.7 Å². The number of fused-ring (bicyclic) bond motifs is 1. The Labute approximate surface area is 144 Å². The van der Waals surface area contributed by atoms with Crippen molar-refractivity contribution < 1.29 is 22.0 Å². The summed E-state index contributed by atoms with van der Waals surface area (Å²) in [4.78, 5) is 14.6. The van der Waals surface area contributed by atoms with E-state index in [4.69, 9.17) is 8.83 Å². The van der Waals surface area contributed by atoms with Gasteiger partial charge in [0.15, 0.2) is 15.6 Å². The molecular weight excluding hydrogens is 342 g/mol.